The molecule has 27 heavy (non-hydrogen) atoms. The highest BCUT2D eigenvalue weighted by Crippen LogP contribution is 2.47. The van der Waals surface area contributed by atoms with Crippen LogP contribution in [0.2, 0.25) is 0 Å². The van der Waals surface area contributed by atoms with E-state index in [9.17, 15) is 14.4 Å². The van der Waals surface area contributed by atoms with E-state index >= 15 is 0 Å². The number of allylic oxidation sites excluding steroid dienone is 2. The van der Waals surface area contributed by atoms with Crippen molar-refractivity contribution in [2.24, 2.45) is 0 Å². The molecule has 140 valence electrons. The molecule has 6 nitrogen and oxygen atoms in total. The fraction of sp³-hybridized carbons (Fsp3) is 0.350. The van der Waals surface area contributed by atoms with Crippen LogP contribution in [0.25, 0.3) is 0 Å². The van der Waals surface area contributed by atoms with Gasteiger partial charge in [-0.3, -0.25) is 9.59 Å². The Kier molecular flexibility index (Phi) is 4.63. The molecular weight excluding hydrogens is 412 g/mol. The normalized spacial score (nSPS) is 22.3. The van der Waals surface area contributed by atoms with Crippen molar-refractivity contribution in [1.82, 2.24) is 10.2 Å². The second-order valence-corrected chi connectivity index (χ2v) is 7.70. The minimum atomic E-state index is -0.604. The van der Waals surface area contributed by atoms with Crippen molar-refractivity contribution < 1.29 is 19.1 Å². The van der Waals surface area contributed by atoms with Crippen molar-refractivity contribution in [3.63, 3.8) is 0 Å². The molecule has 7 heteroatoms. The fourth-order valence-electron chi connectivity index (χ4n) is 4.22. The number of hydrogen-bond donors (Lipinski definition) is 1. The van der Waals surface area contributed by atoms with Gasteiger partial charge in [-0.1, -0.05) is 28.1 Å². The highest BCUT2D eigenvalue weighted by molar-refractivity contribution is 9.10. The van der Waals surface area contributed by atoms with E-state index in [4.69, 9.17) is 4.74 Å². The van der Waals surface area contributed by atoms with Crippen LogP contribution in [0.5, 0.6) is 0 Å². The van der Waals surface area contributed by atoms with Gasteiger partial charge in [0.15, 0.2) is 5.78 Å². The van der Waals surface area contributed by atoms with Gasteiger partial charge in [-0.25, -0.2) is 4.79 Å². The van der Waals surface area contributed by atoms with E-state index in [1.807, 2.05) is 29.2 Å². The van der Waals surface area contributed by atoms with E-state index in [2.05, 4.69) is 21.2 Å². The number of Topliss-reactive ketones (excluding diaryl/α,β-unsaturated/α-hetero) is 1. The number of benzene rings is 1. The van der Waals surface area contributed by atoms with Crippen LogP contribution >= 0.6 is 15.9 Å². The maximum Gasteiger partial charge on any atom is 0.337 e. The summed E-state index contributed by atoms with van der Waals surface area (Å²) in [5.41, 5.74) is 2.83. The molecule has 1 saturated heterocycles. The first-order valence-electron chi connectivity index (χ1n) is 8.93. The summed E-state index contributed by atoms with van der Waals surface area (Å²) in [5.74, 6) is -1.45. The Hall–Kier alpha value is -2.41. The zero-order chi connectivity index (χ0) is 19.1. The second-order valence-electron chi connectivity index (χ2n) is 6.79. The topological polar surface area (TPSA) is 75.7 Å². The number of nitrogens with zero attached hydrogens (tertiary/aromatic N) is 1. The molecular formula is C20H19BrN2O4. The number of nitrogens with one attached hydrogen (secondary N) is 1. The first-order valence-corrected chi connectivity index (χ1v) is 9.72. The number of piperazine rings is 1. The number of carbonyl (C=O) groups excluding carboxylic acids is 3. The summed E-state index contributed by atoms with van der Waals surface area (Å²) in [4.78, 5) is 40.3. The average molecular weight is 431 g/mol. The van der Waals surface area contributed by atoms with Crippen molar-refractivity contribution in [1.29, 1.82) is 0 Å². The molecule has 1 atom stereocenters. The maximum atomic E-state index is 12.9. The number of halogens is 1. The largest absolute Gasteiger partial charge is 0.466 e. The van der Waals surface area contributed by atoms with Crippen LogP contribution in [0.3, 0.4) is 0 Å². The third-order valence-corrected chi connectivity index (χ3v) is 5.77. The summed E-state index contributed by atoms with van der Waals surface area (Å²) in [5, 5.41) is 2.82. The molecule has 1 N–H and O–H groups in total. The molecule has 1 fully saturated rings. The molecule has 1 aromatic rings. The van der Waals surface area contributed by atoms with Gasteiger partial charge in [-0.05, 0) is 30.5 Å². The van der Waals surface area contributed by atoms with Gasteiger partial charge in [-0.2, -0.15) is 0 Å². The van der Waals surface area contributed by atoms with E-state index in [1.54, 1.807) is 0 Å². The number of carbonyl (C=O) groups is 3. The second kappa shape index (κ2) is 6.96. The number of rotatable bonds is 2. The molecule has 1 amide bonds. The summed E-state index contributed by atoms with van der Waals surface area (Å²) in [6.45, 7) is 1.02. The predicted octanol–water partition coefficient (Wildman–Crippen LogP) is 2.41. The number of hydrogen-bond acceptors (Lipinski definition) is 5. The maximum absolute atomic E-state index is 12.9. The minimum absolute atomic E-state index is 0.0349. The van der Waals surface area contributed by atoms with Gasteiger partial charge in [0.25, 0.3) is 5.91 Å². The molecule has 0 bridgehead atoms. The van der Waals surface area contributed by atoms with Gasteiger partial charge in [0.2, 0.25) is 0 Å². The lowest BCUT2D eigenvalue weighted by Crippen LogP contribution is -2.50. The molecule has 0 unspecified atom stereocenters. The molecule has 0 aromatic heterocycles. The number of fused-ring (bicyclic) bond motifs is 2. The first kappa shape index (κ1) is 18.0. The summed E-state index contributed by atoms with van der Waals surface area (Å²) < 4.78 is 5.88. The van der Waals surface area contributed by atoms with Gasteiger partial charge >= 0.3 is 5.97 Å². The van der Waals surface area contributed by atoms with Crippen molar-refractivity contribution in [2.45, 2.75) is 25.2 Å². The molecule has 0 spiro atoms. The minimum Gasteiger partial charge on any atom is -0.466 e. The van der Waals surface area contributed by atoms with Gasteiger partial charge in [0, 0.05) is 41.2 Å². The van der Waals surface area contributed by atoms with E-state index in [1.165, 1.54) is 7.11 Å². The summed E-state index contributed by atoms with van der Waals surface area (Å²) in [6, 6.07) is 7.51. The molecule has 1 aromatic carbocycles. The predicted molar refractivity (Wildman–Crippen MR) is 102 cm³/mol. The molecule has 1 aliphatic carbocycles. The van der Waals surface area contributed by atoms with Crippen LogP contribution in [0, 0.1) is 0 Å². The fourth-order valence-corrected chi connectivity index (χ4v) is 4.63. The molecule has 2 heterocycles. The summed E-state index contributed by atoms with van der Waals surface area (Å²) in [7, 11) is 1.30. The molecule has 2 aliphatic heterocycles. The van der Waals surface area contributed by atoms with Crippen LogP contribution in [0.1, 0.15) is 30.7 Å². The highest BCUT2D eigenvalue weighted by Gasteiger charge is 2.45. The Labute approximate surface area is 165 Å². The molecule has 0 radical (unpaired) electrons. The van der Waals surface area contributed by atoms with E-state index < -0.39 is 11.9 Å². The number of ether oxygens (including phenoxy) is 1. The SMILES string of the molecule is COC(=O)C1=C2C(=O)NCCN2C2=C(C(=O)CCC2)[C@H]1c1cccc(Br)c1. The van der Waals surface area contributed by atoms with Crippen molar-refractivity contribution >= 4 is 33.6 Å². The van der Waals surface area contributed by atoms with Crippen molar-refractivity contribution in [3.05, 3.63) is 56.8 Å². The lowest BCUT2D eigenvalue weighted by atomic mass is 9.74. The first-order chi connectivity index (χ1) is 13.0. The standard InChI is InChI=1S/C20H19BrN2O4/c1-27-20(26)17-15(11-4-2-5-12(21)10-11)16-13(6-3-7-14(16)24)23-9-8-22-19(25)18(17)23/h2,4-5,10,15H,3,6-9H2,1H3,(H,22,25)/t15-/m1/s1. The lowest BCUT2D eigenvalue weighted by molar-refractivity contribution is -0.137. The van der Waals surface area contributed by atoms with Gasteiger partial charge < -0.3 is 15.0 Å². The zero-order valence-corrected chi connectivity index (χ0v) is 16.5. The van der Waals surface area contributed by atoms with Gasteiger partial charge in [-0.15, -0.1) is 0 Å². The van der Waals surface area contributed by atoms with Crippen LogP contribution in [-0.4, -0.2) is 42.8 Å². The van der Waals surface area contributed by atoms with Gasteiger partial charge in [0.05, 0.1) is 12.7 Å². The average Bonchev–Trinajstić information content (AvgIpc) is 2.67. The Morgan fingerprint density at radius 1 is 1.30 bits per heavy atom. The summed E-state index contributed by atoms with van der Waals surface area (Å²) in [6.07, 6.45) is 1.92. The Morgan fingerprint density at radius 3 is 2.85 bits per heavy atom. The number of amides is 1. The van der Waals surface area contributed by atoms with Crippen LogP contribution in [0.4, 0.5) is 0 Å². The van der Waals surface area contributed by atoms with Crippen molar-refractivity contribution in [2.75, 3.05) is 20.2 Å². The van der Waals surface area contributed by atoms with E-state index in [-0.39, 0.29) is 17.3 Å². The Balaban J connectivity index is 2.02. The van der Waals surface area contributed by atoms with Crippen LogP contribution < -0.4 is 5.32 Å². The monoisotopic (exact) mass is 430 g/mol. The number of ketones is 1. The van der Waals surface area contributed by atoms with E-state index in [0.717, 1.165) is 28.6 Å². The molecule has 0 saturated carbocycles. The van der Waals surface area contributed by atoms with Gasteiger partial charge in [0.1, 0.15) is 5.70 Å². The van der Waals surface area contributed by atoms with Crippen LogP contribution in [0.15, 0.2) is 51.3 Å². The summed E-state index contributed by atoms with van der Waals surface area (Å²) >= 11 is 3.46. The quantitative estimate of drug-likeness (QED) is 0.729. The lowest BCUT2D eigenvalue weighted by Gasteiger charge is -2.43. The molecule has 3 aliphatic rings. The smallest absolute Gasteiger partial charge is 0.337 e. The Bertz CT molecular complexity index is 918. The van der Waals surface area contributed by atoms with E-state index in [0.29, 0.717) is 30.8 Å². The third kappa shape index (κ3) is 2.90. The van der Waals surface area contributed by atoms with Crippen molar-refractivity contribution in [3.8, 4) is 0 Å². The number of methoxy groups -OCH3 is 1. The number of esters is 1. The Morgan fingerprint density at radius 2 is 2.11 bits per heavy atom. The zero-order valence-electron chi connectivity index (χ0n) is 14.9. The molecule has 4 rings (SSSR count). The highest BCUT2D eigenvalue weighted by atomic mass is 79.9. The third-order valence-electron chi connectivity index (χ3n) is 5.28. The van der Waals surface area contributed by atoms with Crippen LogP contribution in [-0.2, 0) is 19.1 Å².